The van der Waals surface area contributed by atoms with Crippen LogP contribution in [0.25, 0.3) is 0 Å². The second-order valence-electron chi connectivity index (χ2n) is 5.05. The molecule has 0 radical (unpaired) electrons. The van der Waals surface area contributed by atoms with Crippen LogP contribution in [0.15, 0.2) is 24.3 Å². The summed E-state index contributed by atoms with van der Waals surface area (Å²) in [5.41, 5.74) is -0.499. The number of hydrogen-bond acceptors (Lipinski definition) is 2. The van der Waals surface area contributed by atoms with E-state index in [9.17, 15) is 22.0 Å². The first-order chi connectivity index (χ1) is 9.88. The topological polar surface area (TPSA) is 15.3 Å². The van der Waals surface area contributed by atoms with Crippen molar-refractivity contribution >= 4 is 0 Å². The second-order valence-corrected chi connectivity index (χ2v) is 5.05. The lowest BCUT2D eigenvalue weighted by molar-refractivity contribution is -0.137. The number of benzene rings is 1. The Balaban J connectivity index is 2.27. The van der Waals surface area contributed by atoms with Gasteiger partial charge in [-0.05, 0) is 17.7 Å². The monoisotopic (exact) mass is 308 g/mol. The van der Waals surface area contributed by atoms with Crippen LogP contribution in [-0.4, -0.2) is 37.5 Å². The molecule has 1 aliphatic heterocycles. The number of nitrogens with zero attached hydrogens (tertiary/aromatic N) is 1. The molecule has 1 saturated heterocycles. The van der Waals surface area contributed by atoms with E-state index in [1.165, 1.54) is 12.1 Å². The first kappa shape index (κ1) is 16.2. The molecule has 1 aliphatic rings. The van der Waals surface area contributed by atoms with Gasteiger partial charge in [-0.3, -0.25) is 4.90 Å². The van der Waals surface area contributed by atoms with Crippen LogP contribution in [0.4, 0.5) is 22.0 Å². The van der Waals surface area contributed by atoms with Crippen LogP contribution in [0.2, 0.25) is 0 Å². The molecule has 21 heavy (non-hydrogen) atoms. The van der Waals surface area contributed by atoms with E-state index in [-0.39, 0.29) is 0 Å². The Morgan fingerprint density at radius 3 is 2.38 bits per heavy atom. The fourth-order valence-corrected chi connectivity index (χ4v) is 2.58. The van der Waals surface area contributed by atoms with Crippen LogP contribution in [0.3, 0.4) is 0 Å². The number of nitrogens with one attached hydrogen (secondary N) is 1. The van der Waals surface area contributed by atoms with Crippen LogP contribution in [-0.2, 0) is 6.18 Å². The van der Waals surface area contributed by atoms with Crippen LogP contribution < -0.4 is 5.32 Å². The molecular weight excluding hydrogens is 291 g/mol. The van der Waals surface area contributed by atoms with Gasteiger partial charge in [0.15, 0.2) is 0 Å². The van der Waals surface area contributed by atoms with E-state index in [4.69, 9.17) is 0 Å². The zero-order chi connectivity index (χ0) is 15.5. The summed E-state index contributed by atoms with van der Waals surface area (Å²) in [5, 5.41) is 3.10. The zero-order valence-corrected chi connectivity index (χ0v) is 11.3. The lowest BCUT2D eigenvalue weighted by Crippen LogP contribution is -2.45. The fraction of sp³-hybridized carbons (Fsp3) is 0.571. The van der Waals surface area contributed by atoms with Crippen LogP contribution in [0.1, 0.15) is 23.6 Å². The molecule has 1 atom stereocenters. The molecule has 0 bridgehead atoms. The van der Waals surface area contributed by atoms with E-state index in [1.54, 1.807) is 0 Å². The number of halogens is 5. The third kappa shape index (κ3) is 4.38. The van der Waals surface area contributed by atoms with E-state index in [0.717, 1.165) is 12.1 Å². The Hall–Kier alpha value is -1.21. The first-order valence-corrected chi connectivity index (χ1v) is 6.78. The van der Waals surface area contributed by atoms with E-state index < -0.39 is 30.6 Å². The molecule has 0 spiro atoms. The molecule has 2 rings (SSSR count). The molecule has 0 aliphatic carbocycles. The number of hydrogen-bond donors (Lipinski definition) is 1. The third-order valence-corrected chi connectivity index (χ3v) is 3.59. The van der Waals surface area contributed by atoms with Crippen molar-refractivity contribution in [2.45, 2.75) is 25.1 Å². The van der Waals surface area contributed by atoms with E-state index in [2.05, 4.69) is 5.32 Å². The Bertz CT molecular complexity index is 455. The summed E-state index contributed by atoms with van der Waals surface area (Å²) in [6.07, 6.45) is -7.48. The maximum Gasteiger partial charge on any atom is 0.416 e. The molecule has 118 valence electrons. The predicted octanol–water partition coefficient (Wildman–Crippen LogP) is 3.31. The molecule has 0 amide bonds. The van der Waals surface area contributed by atoms with Crippen molar-refractivity contribution in [2.75, 3.05) is 26.2 Å². The maximum atomic E-state index is 12.8. The Morgan fingerprint density at radius 2 is 1.81 bits per heavy atom. The van der Waals surface area contributed by atoms with Gasteiger partial charge in [-0.25, -0.2) is 8.78 Å². The van der Waals surface area contributed by atoms with Gasteiger partial charge < -0.3 is 5.32 Å². The van der Waals surface area contributed by atoms with Gasteiger partial charge in [-0.1, -0.05) is 12.1 Å². The molecule has 2 nitrogen and oxygen atoms in total. The van der Waals surface area contributed by atoms with Gasteiger partial charge in [0.2, 0.25) is 6.43 Å². The highest BCUT2D eigenvalue weighted by Gasteiger charge is 2.32. The summed E-state index contributed by atoms with van der Waals surface area (Å²) < 4.78 is 63.9. The molecule has 1 aromatic carbocycles. The molecule has 0 unspecified atom stereocenters. The quantitative estimate of drug-likeness (QED) is 0.859. The summed E-state index contributed by atoms with van der Waals surface area (Å²) >= 11 is 0. The van der Waals surface area contributed by atoms with Crippen molar-refractivity contribution in [3.63, 3.8) is 0 Å². The van der Waals surface area contributed by atoms with Gasteiger partial charge in [0.25, 0.3) is 0 Å². The minimum Gasteiger partial charge on any atom is -0.314 e. The third-order valence-electron chi connectivity index (χ3n) is 3.59. The lowest BCUT2D eigenvalue weighted by Gasteiger charge is -2.35. The van der Waals surface area contributed by atoms with Crippen molar-refractivity contribution in [1.82, 2.24) is 10.2 Å². The summed E-state index contributed by atoms with van der Waals surface area (Å²) in [6.45, 7) is 2.40. The smallest absolute Gasteiger partial charge is 0.314 e. The van der Waals surface area contributed by atoms with Gasteiger partial charge in [0.1, 0.15) is 0 Å². The average molecular weight is 308 g/mol. The summed E-state index contributed by atoms with van der Waals surface area (Å²) in [7, 11) is 0. The highest BCUT2D eigenvalue weighted by atomic mass is 19.4. The zero-order valence-electron chi connectivity index (χ0n) is 11.3. The normalized spacial score (nSPS) is 19.0. The molecule has 1 fully saturated rings. The molecule has 0 saturated carbocycles. The van der Waals surface area contributed by atoms with Crippen molar-refractivity contribution < 1.29 is 22.0 Å². The maximum absolute atomic E-state index is 12.8. The Morgan fingerprint density at radius 1 is 1.14 bits per heavy atom. The van der Waals surface area contributed by atoms with Crippen LogP contribution in [0.5, 0.6) is 0 Å². The average Bonchev–Trinajstić information content (AvgIpc) is 2.45. The molecular formula is C14H17F5N2. The highest BCUT2D eigenvalue weighted by molar-refractivity contribution is 5.28. The minimum absolute atomic E-state index is 0.298. The first-order valence-electron chi connectivity index (χ1n) is 6.78. The second kappa shape index (κ2) is 6.70. The van der Waals surface area contributed by atoms with Crippen molar-refractivity contribution in [3.05, 3.63) is 35.4 Å². The molecule has 1 N–H and O–H groups in total. The van der Waals surface area contributed by atoms with E-state index in [1.807, 2.05) is 4.90 Å². The van der Waals surface area contributed by atoms with Gasteiger partial charge in [0.05, 0.1) is 5.56 Å². The fourth-order valence-electron chi connectivity index (χ4n) is 2.58. The molecule has 1 heterocycles. The largest absolute Gasteiger partial charge is 0.416 e. The van der Waals surface area contributed by atoms with Gasteiger partial charge in [0, 0.05) is 38.6 Å². The van der Waals surface area contributed by atoms with E-state index >= 15 is 0 Å². The van der Waals surface area contributed by atoms with Crippen LogP contribution in [0, 0.1) is 0 Å². The Kier molecular flexibility index (Phi) is 5.16. The lowest BCUT2D eigenvalue weighted by atomic mass is 9.99. The molecule has 1 aromatic rings. The van der Waals surface area contributed by atoms with E-state index in [0.29, 0.717) is 31.7 Å². The van der Waals surface area contributed by atoms with Gasteiger partial charge in [-0.2, -0.15) is 13.2 Å². The molecule has 7 heteroatoms. The standard InChI is InChI=1S/C14H17F5N2/c15-13(16)9-12(21-6-4-20-5-7-21)10-2-1-3-11(8-10)14(17,18)19/h1-3,8,12-13,20H,4-7,9H2/t12-/m1/s1. The van der Waals surface area contributed by atoms with Crippen molar-refractivity contribution in [2.24, 2.45) is 0 Å². The van der Waals surface area contributed by atoms with Crippen molar-refractivity contribution in [1.29, 1.82) is 0 Å². The molecule has 0 aromatic heterocycles. The summed E-state index contributed by atoms with van der Waals surface area (Å²) in [6, 6.07) is 4.02. The SMILES string of the molecule is FC(F)C[C@H](c1cccc(C(F)(F)F)c1)N1CCNCC1. The Labute approximate surface area is 119 Å². The minimum atomic E-state index is -4.46. The van der Waals surface area contributed by atoms with Gasteiger partial charge >= 0.3 is 6.18 Å². The number of alkyl halides is 5. The number of rotatable bonds is 4. The van der Waals surface area contributed by atoms with Crippen LogP contribution >= 0.6 is 0 Å². The number of piperazine rings is 1. The van der Waals surface area contributed by atoms with Gasteiger partial charge in [-0.15, -0.1) is 0 Å². The van der Waals surface area contributed by atoms with Crippen molar-refractivity contribution in [3.8, 4) is 0 Å². The highest BCUT2D eigenvalue weighted by Crippen LogP contribution is 2.33. The summed E-state index contributed by atoms with van der Waals surface area (Å²) in [5.74, 6) is 0. The predicted molar refractivity (Wildman–Crippen MR) is 69.2 cm³/mol. The summed E-state index contributed by atoms with van der Waals surface area (Å²) in [4.78, 5) is 1.82.